The molecule has 2 radical (unpaired) electrons. The third kappa shape index (κ3) is 8.05. The van der Waals surface area contributed by atoms with E-state index in [-0.39, 0.29) is 13.2 Å². The zero-order chi connectivity index (χ0) is 23.8. The standard InChI is InChI=1S/C20H38BO9P/c1-11-15(22)17(29-20(6,7)8)14(28-11)10-26-31(21,24)30-18-13(9-25-19(3,4)5)27-12(2)16(18)23/h11-18,22-23H,9-10H2,1-8H3/t11-,12-,13+,14+,15?,16?,17-,18-,31?/m0/s1. The van der Waals surface area contributed by atoms with Gasteiger partial charge in [-0.2, -0.15) is 0 Å². The second-order valence-electron chi connectivity index (χ2n) is 10.3. The summed E-state index contributed by atoms with van der Waals surface area (Å²) < 4.78 is 46.8. The minimum Gasteiger partial charge on any atom is -0.388 e. The van der Waals surface area contributed by atoms with Crippen LogP contribution >= 0.6 is 7.47 Å². The second-order valence-corrected chi connectivity index (χ2v) is 11.8. The number of aliphatic hydroxyl groups is 2. The second kappa shape index (κ2) is 10.1. The summed E-state index contributed by atoms with van der Waals surface area (Å²) >= 11 is 0. The highest BCUT2D eigenvalue weighted by Gasteiger charge is 2.47. The van der Waals surface area contributed by atoms with Crippen molar-refractivity contribution in [1.82, 2.24) is 0 Å². The molecule has 0 aromatic rings. The summed E-state index contributed by atoms with van der Waals surface area (Å²) in [4.78, 5) is 0. The molecule has 31 heavy (non-hydrogen) atoms. The van der Waals surface area contributed by atoms with Crippen LogP contribution < -0.4 is 0 Å². The van der Waals surface area contributed by atoms with Gasteiger partial charge in [0.15, 0.2) is 0 Å². The molecular weight excluding hydrogens is 426 g/mol. The van der Waals surface area contributed by atoms with Crippen LogP contribution in [0, 0.1) is 0 Å². The van der Waals surface area contributed by atoms with Crippen LogP contribution in [-0.4, -0.2) is 91.0 Å². The lowest BCUT2D eigenvalue weighted by Crippen LogP contribution is -2.42. The van der Waals surface area contributed by atoms with Gasteiger partial charge in [0.2, 0.25) is 7.57 Å². The van der Waals surface area contributed by atoms with Gasteiger partial charge in [0.25, 0.3) is 7.47 Å². The molecule has 0 aliphatic carbocycles. The average Bonchev–Trinajstić information content (AvgIpc) is 3.01. The molecule has 2 aliphatic heterocycles. The van der Waals surface area contributed by atoms with E-state index in [2.05, 4.69) is 0 Å². The van der Waals surface area contributed by atoms with Crippen LogP contribution in [0.5, 0.6) is 0 Å². The number of aliphatic hydroxyl groups excluding tert-OH is 2. The molecule has 2 fully saturated rings. The Hall–Kier alpha value is -0.0251. The smallest absolute Gasteiger partial charge is 0.264 e. The van der Waals surface area contributed by atoms with Crippen molar-refractivity contribution in [2.75, 3.05) is 13.2 Å². The van der Waals surface area contributed by atoms with E-state index in [0.29, 0.717) is 0 Å². The van der Waals surface area contributed by atoms with E-state index < -0.39 is 67.5 Å². The first kappa shape index (κ1) is 27.2. The van der Waals surface area contributed by atoms with Gasteiger partial charge < -0.3 is 38.2 Å². The molecule has 11 heteroatoms. The first-order valence-electron chi connectivity index (χ1n) is 10.7. The molecule has 0 spiro atoms. The minimum absolute atomic E-state index is 0.131. The van der Waals surface area contributed by atoms with Gasteiger partial charge >= 0.3 is 0 Å². The topological polar surface area (TPSA) is 113 Å². The van der Waals surface area contributed by atoms with Crippen LogP contribution in [0.3, 0.4) is 0 Å². The molecule has 2 aliphatic rings. The first-order chi connectivity index (χ1) is 14.0. The lowest BCUT2D eigenvalue weighted by Gasteiger charge is -2.30. The lowest BCUT2D eigenvalue weighted by molar-refractivity contribution is -0.119. The van der Waals surface area contributed by atoms with Crippen LogP contribution in [0.2, 0.25) is 0 Å². The third-order valence-electron chi connectivity index (χ3n) is 5.00. The normalized spacial score (nSPS) is 39.0. The van der Waals surface area contributed by atoms with Gasteiger partial charge in [-0.25, -0.2) is 0 Å². The Kier molecular flexibility index (Phi) is 8.85. The molecule has 180 valence electrons. The van der Waals surface area contributed by atoms with Crippen molar-refractivity contribution in [2.45, 2.75) is 115 Å². The summed E-state index contributed by atoms with van der Waals surface area (Å²) in [5.41, 5.74) is -0.949. The zero-order valence-electron chi connectivity index (χ0n) is 19.8. The fraction of sp³-hybridized carbons (Fsp3) is 1.00. The molecule has 0 aromatic heterocycles. The molecule has 2 saturated heterocycles. The molecule has 3 unspecified atom stereocenters. The Labute approximate surface area is 187 Å². The fourth-order valence-corrected chi connectivity index (χ4v) is 4.52. The molecule has 0 aromatic carbocycles. The zero-order valence-corrected chi connectivity index (χ0v) is 20.7. The predicted molar refractivity (Wildman–Crippen MR) is 115 cm³/mol. The van der Waals surface area contributed by atoms with E-state index in [4.69, 9.17) is 35.6 Å². The van der Waals surface area contributed by atoms with Gasteiger partial charge in [-0.3, -0.25) is 4.57 Å². The van der Waals surface area contributed by atoms with Crippen LogP contribution in [0.15, 0.2) is 0 Å². The van der Waals surface area contributed by atoms with Crippen molar-refractivity contribution in [2.24, 2.45) is 0 Å². The number of hydrogen-bond donors (Lipinski definition) is 2. The van der Waals surface area contributed by atoms with Crippen LogP contribution in [0.4, 0.5) is 0 Å². The summed E-state index contributed by atoms with van der Waals surface area (Å²) in [6, 6.07) is 0. The number of hydrogen-bond acceptors (Lipinski definition) is 9. The Morgan fingerprint density at radius 3 is 1.84 bits per heavy atom. The third-order valence-corrected chi connectivity index (χ3v) is 6.05. The number of rotatable bonds is 8. The van der Waals surface area contributed by atoms with Crippen LogP contribution in [0.1, 0.15) is 55.4 Å². The van der Waals surface area contributed by atoms with Crippen molar-refractivity contribution < 1.29 is 42.8 Å². The lowest BCUT2D eigenvalue weighted by atomic mass is 10.1. The average molecular weight is 464 g/mol. The first-order valence-corrected chi connectivity index (χ1v) is 12.3. The van der Waals surface area contributed by atoms with Gasteiger partial charge in [-0.15, -0.1) is 0 Å². The van der Waals surface area contributed by atoms with Crippen molar-refractivity contribution in [1.29, 1.82) is 0 Å². The highest BCUT2D eigenvalue weighted by Crippen LogP contribution is 2.47. The van der Waals surface area contributed by atoms with Crippen molar-refractivity contribution in [3.63, 3.8) is 0 Å². The van der Waals surface area contributed by atoms with Gasteiger partial charge in [0.1, 0.15) is 36.6 Å². The number of ether oxygens (including phenoxy) is 4. The molecule has 2 heterocycles. The molecule has 0 saturated carbocycles. The molecule has 2 rings (SSSR count). The molecule has 0 amide bonds. The molecular formula is C20H38BO9P. The maximum Gasteiger partial charge on any atom is 0.264 e. The maximum atomic E-state index is 12.8. The summed E-state index contributed by atoms with van der Waals surface area (Å²) in [6.45, 7) is 14.6. The Morgan fingerprint density at radius 2 is 1.35 bits per heavy atom. The van der Waals surface area contributed by atoms with Crippen molar-refractivity contribution in [3.8, 4) is 0 Å². The largest absolute Gasteiger partial charge is 0.388 e. The fourth-order valence-electron chi connectivity index (χ4n) is 3.50. The van der Waals surface area contributed by atoms with Gasteiger partial charge in [-0.1, -0.05) is 0 Å². The summed E-state index contributed by atoms with van der Waals surface area (Å²) in [7, 11) is 1.72. The van der Waals surface area contributed by atoms with E-state index >= 15 is 0 Å². The van der Waals surface area contributed by atoms with E-state index in [1.165, 1.54) is 0 Å². The SMILES string of the molecule is [B]P(=O)(OC[C@H]1O[C@@H](C)C(O)[C@H]1OC(C)(C)C)O[C@@H]1C(O)[C@H](C)O[C@@H]1COC(C)(C)C. The van der Waals surface area contributed by atoms with Gasteiger partial charge in [0.05, 0.1) is 36.6 Å². The maximum absolute atomic E-state index is 12.8. The molecule has 0 bridgehead atoms. The highest BCUT2D eigenvalue weighted by atomic mass is 31.2. The van der Waals surface area contributed by atoms with Gasteiger partial charge in [-0.05, 0) is 55.4 Å². The highest BCUT2D eigenvalue weighted by molar-refractivity contribution is 7.79. The van der Waals surface area contributed by atoms with Crippen molar-refractivity contribution >= 4 is 15.0 Å². The van der Waals surface area contributed by atoms with Crippen molar-refractivity contribution in [3.05, 3.63) is 0 Å². The molecule has 2 N–H and O–H groups in total. The quantitative estimate of drug-likeness (QED) is 0.411. The summed E-state index contributed by atoms with van der Waals surface area (Å²) in [5.74, 6) is 0. The van der Waals surface area contributed by atoms with E-state index in [0.717, 1.165) is 0 Å². The minimum atomic E-state index is -4.09. The summed E-state index contributed by atoms with van der Waals surface area (Å²) in [5, 5.41) is 20.8. The van der Waals surface area contributed by atoms with E-state index in [9.17, 15) is 14.8 Å². The predicted octanol–water partition coefficient (Wildman–Crippen LogP) is 1.96. The Balaban J connectivity index is 2.00. The summed E-state index contributed by atoms with van der Waals surface area (Å²) in [6.07, 6.45) is -5.95. The molecule has 9 atom stereocenters. The van der Waals surface area contributed by atoms with Gasteiger partial charge in [0, 0.05) is 0 Å². The Bertz CT molecular complexity index is 635. The molecule has 9 nitrogen and oxygen atoms in total. The van der Waals surface area contributed by atoms with E-state index in [1.807, 2.05) is 41.5 Å². The Morgan fingerprint density at radius 1 is 0.871 bits per heavy atom. The van der Waals surface area contributed by atoms with Crippen LogP contribution in [-0.2, 0) is 32.6 Å². The van der Waals surface area contributed by atoms with Crippen LogP contribution in [0.25, 0.3) is 0 Å². The monoisotopic (exact) mass is 464 g/mol. The van der Waals surface area contributed by atoms with E-state index in [1.54, 1.807) is 13.8 Å².